The van der Waals surface area contributed by atoms with Crippen molar-refractivity contribution in [3.8, 4) is 27.3 Å². The number of aliphatic hydroxyl groups is 1. The molecule has 5 aromatic heterocycles. The van der Waals surface area contributed by atoms with Crippen LogP contribution in [0.5, 0.6) is 5.75 Å². The van der Waals surface area contributed by atoms with E-state index in [1.165, 1.54) is 27.3 Å². The smallest absolute Gasteiger partial charge is 0.411 e. The molecule has 0 unspecified atom stereocenters. The third-order valence-electron chi connectivity index (χ3n) is 14.2. The van der Waals surface area contributed by atoms with Gasteiger partial charge in [0.2, 0.25) is 23.7 Å². The van der Waals surface area contributed by atoms with Gasteiger partial charge in [-0.1, -0.05) is 67.2 Å². The first-order valence-corrected chi connectivity index (χ1v) is 27.7. The van der Waals surface area contributed by atoms with Crippen molar-refractivity contribution in [1.29, 1.82) is 0 Å². The maximum absolute atomic E-state index is 14.2. The molecule has 2 saturated heterocycles. The summed E-state index contributed by atoms with van der Waals surface area (Å²) in [6.07, 6.45) is 10.5. The average Bonchev–Trinajstić information content (AvgIpc) is 4.26. The molecule has 1 saturated carbocycles. The first kappa shape index (κ1) is 52.9. The number of likely N-dealkylation sites (tertiary alicyclic amines) is 1. The molecule has 3 fully saturated rings. The van der Waals surface area contributed by atoms with Crippen LogP contribution in [-0.4, -0.2) is 136 Å². The highest BCUT2D eigenvalue weighted by Crippen LogP contribution is 2.33. The Labute approximate surface area is 453 Å². The Balaban J connectivity index is 0.667. The van der Waals surface area contributed by atoms with Gasteiger partial charge in [0.15, 0.2) is 10.9 Å². The minimum atomic E-state index is -0.842. The Morgan fingerprint density at radius 2 is 1.62 bits per heavy atom. The predicted molar refractivity (Wildman–Crippen MR) is 292 cm³/mol. The summed E-state index contributed by atoms with van der Waals surface area (Å²) < 4.78 is 14.1. The minimum Gasteiger partial charge on any atom is -0.484 e. The fourth-order valence-corrected chi connectivity index (χ4v) is 11.7. The Kier molecular flexibility index (Phi) is 16.4. The zero-order valence-electron chi connectivity index (χ0n) is 43.4. The molecule has 4 amide bonds. The third kappa shape index (κ3) is 12.9. The van der Waals surface area contributed by atoms with Crippen LogP contribution in [0.4, 0.5) is 21.6 Å². The number of anilines is 3. The SMILES string of the molecule is Cc1ncc(-c2ccc3nc(NC(=O)CN4CCN(c5ncc(OCc6cn([C@H](C(=O)N7C[C@H](O)C[C@H]7C(=O)NCc7ccc(-c8scnc8C)cc7)C(C)C)nn6)cn5)CC4)sc3c2)cc1NC(=O)OC1CCCCC1. The molecule has 21 nitrogen and oxygen atoms in total. The number of β-amino-alcohol motifs (C(OH)–C–C–N with tert-alkyl or cyclic N) is 1. The van der Waals surface area contributed by atoms with Gasteiger partial charge in [0.25, 0.3) is 0 Å². The Morgan fingerprint density at radius 1 is 0.857 bits per heavy atom. The quantitative estimate of drug-likeness (QED) is 0.0705. The van der Waals surface area contributed by atoms with Gasteiger partial charge < -0.3 is 35.0 Å². The number of hydrogen-bond donors (Lipinski definition) is 4. The second-order valence-electron chi connectivity index (χ2n) is 20.1. The van der Waals surface area contributed by atoms with Crippen molar-refractivity contribution in [3.05, 3.63) is 101 Å². The van der Waals surface area contributed by atoms with E-state index in [9.17, 15) is 24.3 Å². The van der Waals surface area contributed by atoms with Crippen LogP contribution in [-0.2, 0) is 32.3 Å². The number of benzene rings is 2. The van der Waals surface area contributed by atoms with Crippen LogP contribution >= 0.6 is 22.7 Å². The summed E-state index contributed by atoms with van der Waals surface area (Å²) in [7, 11) is 0. The highest BCUT2D eigenvalue weighted by molar-refractivity contribution is 7.22. The summed E-state index contributed by atoms with van der Waals surface area (Å²) in [6, 6.07) is 14.1. The highest BCUT2D eigenvalue weighted by Gasteiger charge is 2.42. The van der Waals surface area contributed by atoms with Gasteiger partial charge in [-0.25, -0.2) is 29.4 Å². The van der Waals surface area contributed by atoms with Crippen LogP contribution in [0.2, 0.25) is 0 Å². The number of nitrogens with zero attached hydrogens (tertiary/aromatic N) is 11. The molecular formula is C54H62N14O7S2. The fraction of sp³-hybridized carbons (Fsp3) is 0.426. The summed E-state index contributed by atoms with van der Waals surface area (Å²) >= 11 is 2.98. The largest absolute Gasteiger partial charge is 0.484 e. The van der Waals surface area contributed by atoms with Gasteiger partial charge in [-0.05, 0) is 80.3 Å². The molecular weight excluding hydrogens is 1020 g/mol. The zero-order valence-corrected chi connectivity index (χ0v) is 45.1. The molecule has 7 aromatic rings. The van der Waals surface area contributed by atoms with Crippen molar-refractivity contribution >= 4 is 73.5 Å². The van der Waals surface area contributed by atoms with Gasteiger partial charge in [0, 0.05) is 57.4 Å². The third-order valence-corrected chi connectivity index (χ3v) is 16.1. The Bertz CT molecular complexity index is 3210. The number of hydrogen-bond acceptors (Lipinski definition) is 18. The lowest BCUT2D eigenvalue weighted by Gasteiger charge is -2.34. The van der Waals surface area contributed by atoms with Crippen LogP contribution in [0.25, 0.3) is 31.8 Å². The number of thiazole rings is 2. The second-order valence-corrected chi connectivity index (χ2v) is 22.0. The molecule has 0 radical (unpaired) electrons. The number of ether oxygens (including phenoxy) is 2. The van der Waals surface area contributed by atoms with Gasteiger partial charge in [0.1, 0.15) is 30.5 Å². The van der Waals surface area contributed by atoms with E-state index in [-0.39, 0.29) is 62.4 Å². The average molecular weight is 1080 g/mol. The van der Waals surface area contributed by atoms with E-state index in [0.29, 0.717) is 60.1 Å². The lowest BCUT2D eigenvalue weighted by Crippen LogP contribution is -2.49. The zero-order chi connectivity index (χ0) is 53.6. The number of aromatic nitrogens is 8. The maximum atomic E-state index is 14.2. The molecule has 2 aliphatic heterocycles. The molecule has 7 heterocycles. The summed E-state index contributed by atoms with van der Waals surface area (Å²) in [4.78, 5) is 83.0. The topological polar surface area (TPSA) is 248 Å². The number of amides is 4. The molecule has 3 atom stereocenters. The molecule has 23 heteroatoms. The number of carbonyl (C=O) groups is 4. The lowest BCUT2D eigenvalue weighted by atomic mass is 9.98. The summed E-state index contributed by atoms with van der Waals surface area (Å²) in [6.45, 7) is 10.7. The molecule has 0 bridgehead atoms. The number of aryl methyl sites for hydroxylation is 2. The van der Waals surface area contributed by atoms with Crippen molar-refractivity contribution in [2.75, 3.05) is 54.8 Å². The van der Waals surface area contributed by atoms with Crippen LogP contribution in [0.1, 0.15) is 81.1 Å². The van der Waals surface area contributed by atoms with E-state index < -0.39 is 24.3 Å². The van der Waals surface area contributed by atoms with Gasteiger partial charge in [-0.3, -0.25) is 29.6 Å². The van der Waals surface area contributed by atoms with E-state index in [0.717, 1.165) is 68.7 Å². The Hall–Kier alpha value is -7.47. The maximum Gasteiger partial charge on any atom is 0.411 e. The Morgan fingerprint density at radius 3 is 2.36 bits per heavy atom. The van der Waals surface area contributed by atoms with Gasteiger partial charge in [-0.15, -0.1) is 16.4 Å². The molecule has 0 spiro atoms. The van der Waals surface area contributed by atoms with Crippen molar-refractivity contribution in [2.24, 2.45) is 5.92 Å². The standard InChI is InChI=1S/C54H62N14O7S2/c1-32(2)48(51(72)67-28-40(69)22-45(67)50(71)56-23-35-10-12-36(13-11-35)49-34(4)59-31-76-49)68-27-39(63-64-68)30-74-42-25-57-52(58-26-42)66-18-16-65(17-19-66)29-47(70)62-53-60-43-15-14-37(21-46(43)77-53)38-20-44(33(3)55-24-38)61-54(73)75-41-8-6-5-7-9-41/h10-15,20-21,24-27,31-32,40-41,45,48,69H,5-9,16-19,22-23,28-30H2,1-4H3,(H,56,71)(H,61,73)(H,60,62,70)/t40-,45+,48+/m1/s1. The second kappa shape index (κ2) is 23.8. The number of carbonyl (C=O) groups excluding carboxylic acids is 4. The molecule has 10 rings (SSSR count). The van der Waals surface area contributed by atoms with E-state index in [1.807, 2.05) is 81.7 Å². The van der Waals surface area contributed by atoms with E-state index >= 15 is 0 Å². The summed E-state index contributed by atoms with van der Waals surface area (Å²) in [5, 5.41) is 28.6. The summed E-state index contributed by atoms with van der Waals surface area (Å²) in [5.41, 5.74) is 9.03. The van der Waals surface area contributed by atoms with Crippen molar-refractivity contribution in [3.63, 3.8) is 0 Å². The van der Waals surface area contributed by atoms with Crippen LogP contribution in [0.15, 0.2) is 78.8 Å². The molecule has 3 aliphatic rings. The first-order chi connectivity index (χ1) is 37.3. The van der Waals surface area contributed by atoms with Crippen LogP contribution in [0.3, 0.4) is 0 Å². The van der Waals surface area contributed by atoms with Crippen LogP contribution in [0, 0.1) is 19.8 Å². The van der Waals surface area contributed by atoms with Crippen LogP contribution < -0.4 is 25.6 Å². The van der Waals surface area contributed by atoms with Gasteiger partial charge in [-0.2, -0.15) is 0 Å². The normalized spacial score (nSPS) is 17.6. The molecule has 4 N–H and O–H groups in total. The number of rotatable bonds is 17. The summed E-state index contributed by atoms with van der Waals surface area (Å²) in [5.74, 6) is -0.0646. The molecule has 77 heavy (non-hydrogen) atoms. The lowest BCUT2D eigenvalue weighted by molar-refractivity contribution is -0.142. The monoisotopic (exact) mass is 1080 g/mol. The number of aliphatic hydroxyl groups excluding tert-OH is 1. The van der Waals surface area contributed by atoms with Crippen molar-refractivity contribution in [2.45, 2.75) is 104 Å². The fourth-order valence-electron chi connectivity index (χ4n) is 9.98. The van der Waals surface area contributed by atoms with E-state index in [2.05, 4.69) is 61.0 Å². The molecule has 2 aromatic carbocycles. The predicted octanol–water partition coefficient (Wildman–Crippen LogP) is 7.18. The molecule has 402 valence electrons. The van der Waals surface area contributed by atoms with Gasteiger partial charge in [0.05, 0.1) is 68.9 Å². The van der Waals surface area contributed by atoms with E-state index in [1.54, 1.807) is 36.1 Å². The number of piperazine rings is 1. The number of fused-ring (bicyclic) bond motifs is 1. The first-order valence-electron chi connectivity index (χ1n) is 26.0. The van der Waals surface area contributed by atoms with Gasteiger partial charge >= 0.3 is 6.09 Å². The van der Waals surface area contributed by atoms with Crippen molar-refractivity contribution < 1.29 is 33.8 Å². The molecule has 1 aliphatic carbocycles. The highest BCUT2D eigenvalue weighted by atomic mass is 32.1. The van der Waals surface area contributed by atoms with Crippen molar-refractivity contribution in [1.82, 2.24) is 55.0 Å². The number of pyridine rings is 1. The van der Waals surface area contributed by atoms with E-state index in [4.69, 9.17) is 9.47 Å². The number of nitrogens with one attached hydrogen (secondary N) is 3. The minimum absolute atomic E-state index is 0.0310.